The molecule has 0 aliphatic rings. The maximum atomic E-state index is 14.0. The van der Waals surface area contributed by atoms with Crippen LogP contribution in [-0.4, -0.2) is 31.1 Å². The molecule has 8 heteroatoms. The monoisotopic (exact) mass is 457 g/mol. The van der Waals surface area contributed by atoms with Crippen molar-refractivity contribution >= 4 is 23.5 Å². The van der Waals surface area contributed by atoms with E-state index in [1.165, 1.54) is 26.4 Å². The normalized spacial score (nSPS) is 10.6. The minimum Gasteiger partial charge on any atom is -0.489 e. The van der Waals surface area contributed by atoms with E-state index in [4.69, 9.17) is 25.8 Å². The van der Waals surface area contributed by atoms with E-state index in [1.807, 2.05) is 0 Å². The molecule has 0 saturated heterocycles. The Morgan fingerprint density at radius 2 is 1.50 bits per heavy atom. The van der Waals surface area contributed by atoms with Crippen molar-refractivity contribution in [1.29, 1.82) is 0 Å². The van der Waals surface area contributed by atoms with Gasteiger partial charge < -0.3 is 14.2 Å². The standard InChI is InChI=1S/C24H21ClFNO5/c1-13-20(23(28)30-3)22(21(14(2)27-13)24(29)31-4)15-8-10-16(11-9-15)32-12-17-18(25)6-5-7-19(17)26/h5-11H,12H2,1-4H3. The number of nitrogens with zero attached hydrogens (tertiary/aromatic N) is 1. The highest BCUT2D eigenvalue weighted by Crippen LogP contribution is 2.33. The zero-order valence-corrected chi connectivity index (χ0v) is 18.7. The first-order valence-corrected chi connectivity index (χ1v) is 10.00. The van der Waals surface area contributed by atoms with E-state index < -0.39 is 17.8 Å². The van der Waals surface area contributed by atoms with E-state index in [2.05, 4.69) is 4.98 Å². The maximum absolute atomic E-state index is 14.0. The lowest BCUT2D eigenvalue weighted by Crippen LogP contribution is -2.16. The fraction of sp³-hybridized carbons (Fsp3) is 0.208. The number of aromatic nitrogens is 1. The van der Waals surface area contributed by atoms with Crippen LogP contribution >= 0.6 is 11.6 Å². The summed E-state index contributed by atoms with van der Waals surface area (Å²) < 4.78 is 29.5. The second-order valence-electron chi connectivity index (χ2n) is 6.90. The number of carbonyl (C=O) groups excluding carboxylic acids is 2. The fourth-order valence-electron chi connectivity index (χ4n) is 3.39. The van der Waals surface area contributed by atoms with Crippen LogP contribution in [0.15, 0.2) is 42.5 Å². The number of methoxy groups -OCH3 is 2. The van der Waals surface area contributed by atoms with Gasteiger partial charge in [0.15, 0.2) is 0 Å². The molecule has 3 aromatic rings. The number of hydrogen-bond donors (Lipinski definition) is 0. The number of pyridine rings is 1. The quantitative estimate of drug-likeness (QED) is 0.467. The topological polar surface area (TPSA) is 74.7 Å². The molecule has 0 bridgehead atoms. The van der Waals surface area contributed by atoms with Gasteiger partial charge in [0.05, 0.1) is 41.8 Å². The fourth-order valence-corrected chi connectivity index (χ4v) is 3.60. The summed E-state index contributed by atoms with van der Waals surface area (Å²) >= 11 is 6.04. The third-order valence-electron chi connectivity index (χ3n) is 4.93. The van der Waals surface area contributed by atoms with E-state index in [9.17, 15) is 14.0 Å². The highest BCUT2D eigenvalue weighted by atomic mass is 35.5. The Balaban J connectivity index is 2.02. The maximum Gasteiger partial charge on any atom is 0.340 e. The molecule has 3 rings (SSSR count). The number of ether oxygens (including phenoxy) is 3. The summed E-state index contributed by atoms with van der Waals surface area (Å²) in [4.78, 5) is 29.3. The average Bonchev–Trinajstić information content (AvgIpc) is 2.77. The van der Waals surface area contributed by atoms with Crippen LogP contribution in [0, 0.1) is 19.7 Å². The molecule has 2 aromatic carbocycles. The molecule has 0 fully saturated rings. The number of aryl methyl sites for hydroxylation is 2. The van der Waals surface area contributed by atoms with Gasteiger partial charge in [-0.25, -0.2) is 14.0 Å². The summed E-state index contributed by atoms with van der Waals surface area (Å²) in [5.41, 5.74) is 2.36. The van der Waals surface area contributed by atoms with Crippen LogP contribution in [0.25, 0.3) is 11.1 Å². The van der Waals surface area contributed by atoms with Gasteiger partial charge in [0, 0.05) is 11.1 Å². The molecule has 1 heterocycles. The molecular weight excluding hydrogens is 437 g/mol. The van der Waals surface area contributed by atoms with Crippen LogP contribution in [0.1, 0.15) is 37.7 Å². The zero-order chi connectivity index (χ0) is 23.4. The minimum atomic E-state index is -0.621. The van der Waals surface area contributed by atoms with Crippen molar-refractivity contribution < 1.29 is 28.2 Å². The van der Waals surface area contributed by atoms with Gasteiger partial charge in [0.2, 0.25) is 0 Å². The number of hydrogen-bond acceptors (Lipinski definition) is 6. The van der Waals surface area contributed by atoms with Crippen molar-refractivity contribution in [2.24, 2.45) is 0 Å². The van der Waals surface area contributed by atoms with Gasteiger partial charge in [-0.05, 0) is 43.7 Å². The van der Waals surface area contributed by atoms with Crippen molar-refractivity contribution in [3.05, 3.63) is 81.4 Å². The van der Waals surface area contributed by atoms with Crippen LogP contribution in [0.4, 0.5) is 4.39 Å². The molecule has 0 amide bonds. The Hall–Kier alpha value is -3.45. The van der Waals surface area contributed by atoms with E-state index in [0.717, 1.165) is 0 Å². The first-order valence-electron chi connectivity index (χ1n) is 9.62. The van der Waals surface area contributed by atoms with Gasteiger partial charge >= 0.3 is 11.9 Å². The predicted molar refractivity (Wildman–Crippen MR) is 118 cm³/mol. The second-order valence-corrected chi connectivity index (χ2v) is 7.31. The molecule has 0 atom stereocenters. The molecule has 0 aliphatic carbocycles. The Bertz CT molecular complexity index is 1120. The van der Waals surface area contributed by atoms with Gasteiger partial charge in [-0.3, -0.25) is 4.98 Å². The Morgan fingerprint density at radius 3 is 2.00 bits per heavy atom. The minimum absolute atomic E-state index is 0.0564. The van der Waals surface area contributed by atoms with Gasteiger partial charge in [-0.1, -0.05) is 29.8 Å². The van der Waals surface area contributed by atoms with Crippen LogP contribution in [0.2, 0.25) is 5.02 Å². The molecule has 32 heavy (non-hydrogen) atoms. The summed E-state index contributed by atoms with van der Waals surface area (Å²) in [6.45, 7) is 3.28. The summed E-state index contributed by atoms with van der Waals surface area (Å²) in [5, 5.41) is 0.273. The molecule has 0 aliphatic heterocycles. The molecule has 0 N–H and O–H groups in total. The molecule has 0 unspecified atom stereocenters. The molecule has 166 valence electrons. The lowest BCUT2D eigenvalue weighted by molar-refractivity contribution is 0.0599. The zero-order valence-electron chi connectivity index (χ0n) is 18.0. The summed E-state index contributed by atoms with van der Waals surface area (Å²) in [6.07, 6.45) is 0. The van der Waals surface area contributed by atoms with Gasteiger partial charge in [-0.15, -0.1) is 0 Å². The molecule has 0 spiro atoms. The van der Waals surface area contributed by atoms with Gasteiger partial charge in [0.1, 0.15) is 18.2 Å². The molecular formula is C24H21ClFNO5. The van der Waals surface area contributed by atoms with Crippen molar-refractivity contribution in [3.8, 4) is 16.9 Å². The summed E-state index contributed by atoms with van der Waals surface area (Å²) in [6, 6.07) is 11.1. The highest BCUT2D eigenvalue weighted by Gasteiger charge is 2.27. The van der Waals surface area contributed by atoms with Crippen molar-refractivity contribution in [3.63, 3.8) is 0 Å². The number of carbonyl (C=O) groups is 2. The van der Waals surface area contributed by atoms with Crippen LogP contribution in [-0.2, 0) is 16.1 Å². The second kappa shape index (κ2) is 9.78. The summed E-state index contributed by atoms with van der Waals surface area (Å²) in [5.74, 6) is -1.24. The molecule has 0 radical (unpaired) electrons. The van der Waals surface area contributed by atoms with Crippen molar-refractivity contribution in [1.82, 2.24) is 4.98 Å². The van der Waals surface area contributed by atoms with Crippen molar-refractivity contribution in [2.45, 2.75) is 20.5 Å². The lowest BCUT2D eigenvalue weighted by Gasteiger charge is -2.17. The number of halogens is 2. The van der Waals surface area contributed by atoms with E-state index in [-0.39, 0.29) is 28.3 Å². The SMILES string of the molecule is COC(=O)c1c(C)nc(C)c(C(=O)OC)c1-c1ccc(OCc2c(F)cccc2Cl)cc1. The van der Waals surface area contributed by atoms with Crippen molar-refractivity contribution in [2.75, 3.05) is 14.2 Å². The third kappa shape index (κ3) is 4.57. The largest absolute Gasteiger partial charge is 0.489 e. The Kier molecular flexibility index (Phi) is 7.10. The molecule has 0 saturated carbocycles. The van der Waals surface area contributed by atoms with Crippen LogP contribution in [0.3, 0.4) is 0 Å². The van der Waals surface area contributed by atoms with E-state index in [1.54, 1.807) is 44.2 Å². The van der Waals surface area contributed by atoms with E-state index >= 15 is 0 Å². The first-order chi connectivity index (χ1) is 15.3. The summed E-state index contributed by atoms with van der Waals surface area (Å²) in [7, 11) is 2.52. The first kappa shape index (κ1) is 23.2. The average molecular weight is 458 g/mol. The Labute approximate surface area is 189 Å². The highest BCUT2D eigenvalue weighted by molar-refractivity contribution is 6.31. The van der Waals surface area contributed by atoms with Gasteiger partial charge in [0.25, 0.3) is 0 Å². The smallest absolute Gasteiger partial charge is 0.340 e. The number of benzene rings is 2. The van der Waals surface area contributed by atoms with E-state index in [0.29, 0.717) is 28.3 Å². The molecule has 6 nitrogen and oxygen atoms in total. The Morgan fingerprint density at radius 1 is 0.938 bits per heavy atom. The number of esters is 2. The molecule has 1 aromatic heterocycles. The predicted octanol–water partition coefficient (Wildman–Crippen LogP) is 5.31. The van der Waals surface area contributed by atoms with Gasteiger partial charge in [-0.2, -0.15) is 0 Å². The van der Waals surface area contributed by atoms with Crippen LogP contribution in [0.5, 0.6) is 5.75 Å². The van der Waals surface area contributed by atoms with Crippen LogP contribution < -0.4 is 4.74 Å². The number of rotatable bonds is 6. The third-order valence-corrected chi connectivity index (χ3v) is 5.28. The lowest BCUT2D eigenvalue weighted by atomic mass is 9.92.